The fourth-order valence-corrected chi connectivity index (χ4v) is 5.28. The standard InChI is InChI=1S/C27H33BF2N2O/c1-8-11-16-33-22-14-12-21(13-15-22)25(26-17(4)23(9-2)19(6)31-26)27-18(5)24(10-3)20(7)32(27)28(29)30/h1,12-15,25-26H,9-11,16H2,2-7H3. The summed E-state index contributed by atoms with van der Waals surface area (Å²) in [5, 5.41) is 0. The zero-order valence-corrected chi connectivity index (χ0v) is 20.5. The third-order valence-corrected chi connectivity index (χ3v) is 6.85. The van der Waals surface area contributed by atoms with Crippen molar-refractivity contribution in [2.24, 2.45) is 4.99 Å². The van der Waals surface area contributed by atoms with Gasteiger partial charge in [0, 0.05) is 29.4 Å². The quantitative estimate of drug-likeness (QED) is 0.242. The summed E-state index contributed by atoms with van der Waals surface area (Å²) >= 11 is 0. The number of allylic oxidation sites excluding steroid dienone is 1. The first-order valence-electron chi connectivity index (χ1n) is 11.7. The number of aliphatic imine (C=N–C) groups is 1. The molecule has 0 amide bonds. The SMILES string of the molecule is C#CCCOc1ccc(C(c2c(C)c(CC)c(C)n2B(F)F)C2N=C(C)C(CC)=C2C)cc1. The lowest BCUT2D eigenvalue weighted by Gasteiger charge is -2.27. The first-order valence-corrected chi connectivity index (χ1v) is 11.7. The van der Waals surface area contributed by atoms with Gasteiger partial charge in [0.05, 0.1) is 12.6 Å². The first-order chi connectivity index (χ1) is 15.8. The van der Waals surface area contributed by atoms with Crippen molar-refractivity contribution in [3.63, 3.8) is 0 Å². The number of nitrogens with zero attached hydrogens (tertiary/aromatic N) is 2. The monoisotopic (exact) mass is 450 g/mol. The Balaban J connectivity index is 2.19. The van der Waals surface area contributed by atoms with Crippen LogP contribution >= 0.6 is 0 Å². The number of terminal acetylenes is 1. The van der Waals surface area contributed by atoms with Crippen molar-refractivity contribution in [1.29, 1.82) is 0 Å². The molecule has 0 aliphatic carbocycles. The largest absolute Gasteiger partial charge is 0.677 e. The molecule has 1 aromatic heterocycles. The average Bonchev–Trinajstić information content (AvgIpc) is 3.21. The van der Waals surface area contributed by atoms with Gasteiger partial charge in [0.25, 0.3) is 0 Å². The Labute approximate surface area is 197 Å². The molecule has 6 heteroatoms. The van der Waals surface area contributed by atoms with Crippen molar-refractivity contribution in [1.82, 2.24) is 4.48 Å². The van der Waals surface area contributed by atoms with Gasteiger partial charge in [-0.25, -0.2) is 0 Å². The maximum atomic E-state index is 14.4. The third-order valence-electron chi connectivity index (χ3n) is 6.85. The molecule has 0 N–H and O–H groups in total. The van der Waals surface area contributed by atoms with Crippen molar-refractivity contribution in [2.75, 3.05) is 6.61 Å². The average molecular weight is 450 g/mol. The summed E-state index contributed by atoms with van der Waals surface area (Å²) < 4.78 is 35.8. The summed E-state index contributed by atoms with van der Waals surface area (Å²) in [6.07, 6.45) is 7.42. The van der Waals surface area contributed by atoms with Crippen molar-refractivity contribution >= 4 is 13.1 Å². The van der Waals surface area contributed by atoms with Crippen LogP contribution in [0.4, 0.5) is 8.63 Å². The van der Waals surface area contributed by atoms with Crippen LogP contribution in [-0.2, 0) is 6.42 Å². The number of benzene rings is 1. The molecule has 0 saturated carbocycles. The maximum absolute atomic E-state index is 14.4. The van der Waals surface area contributed by atoms with Crippen LogP contribution in [0.25, 0.3) is 0 Å². The Morgan fingerprint density at radius 2 is 1.79 bits per heavy atom. The van der Waals surface area contributed by atoms with E-state index >= 15 is 0 Å². The summed E-state index contributed by atoms with van der Waals surface area (Å²) in [6.45, 7) is 12.4. The normalized spacial score (nSPS) is 16.6. The van der Waals surface area contributed by atoms with Crippen LogP contribution in [0.1, 0.15) is 74.5 Å². The van der Waals surface area contributed by atoms with E-state index in [9.17, 15) is 8.63 Å². The molecule has 1 aliphatic rings. The highest BCUT2D eigenvalue weighted by molar-refractivity contribution is 6.41. The molecule has 2 heterocycles. The van der Waals surface area contributed by atoms with Gasteiger partial charge in [0.2, 0.25) is 0 Å². The van der Waals surface area contributed by atoms with Gasteiger partial charge in [0.15, 0.2) is 0 Å². The second-order valence-corrected chi connectivity index (χ2v) is 8.60. The Morgan fingerprint density at radius 1 is 1.12 bits per heavy atom. The number of rotatable bonds is 9. The predicted molar refractivity (Wildman–Crippen MR) is 134 cm³/mol. The summed E-state index contributed by atoms with van der Waals surface area (Å²) in [6, 6.07) is 7.51. The summed E-state index contributed by atoms with van der Waals surface area (Å²) in [7, 11) is -2.62. The molecule has 2 atom stereocenters. The highest BCUT2D eigenvalue weighted by atomic mass is 19.2. The minimum absolute atomic E-state index is 0.219. The molecule has 33 heavy (non-hydrogen) atoms. The van der Waals surface area contributed by atoms with Crippen molar-refractivity contribution in [3.05, 3.63) is 63.5 Å². The number of hydrogen-bond donors (Lipinski definition) is 0. The summed E-state index contributed by atoms with van der Waals surface area (Å²) in [4.78, 5) is 5.00. The molecule has 0 fully saturated rings. The van der Waals surface area contributed by atoms with Gasteiger partial charge in [-0.2, -0.15) is 0 Å². The molecule has 3 nitrogen and oxygen atoms in total. The van der Waals surface area contributed by atoms with Crippen LogP contribution in [0.2, 0.25) is 0 Å². The van der Waals surface area contributed by atoms with Gasteiger partial charge in [0.1, 0.15) is 5.75 Å². The van der Waals surface area contributed by atoms with E-state index in [2.05, 4.69) is 19.8 Å². The molecule has 0 bridgehead atoms. The molecule has 2 aromatic rings. The van der Waals surface area contributed by atoms with E-state index in [1.54, 1.807) is 6.92 Å². The van der Waals surface area contributed by atoms with Gasteiger partial charge in [-0.3, -0.25) is 13.6 Å². The molecular formula is C27H33BF2N2O. The number of ether oxygens (including phenoxy) is 1. The van der Waals surface area contributed by atoms with Crippen LogP contribution in [0.15, 0.2) is 40.4 Å². The minimum Gasteiger partial charge on any atom is -0.493 e. The van der Waals surface area contributed by atoms with Gasteiger partial charge in [-0.1, -0.05) is 26.0 Å². The highest BCUT2D eigenvalue weighted by Crippen LogP contribution is 2.42. The van der Waals surface area contributed by atoms with Crippen LogP contribution in [-0.4, -0.2) is 30.2 Å². The van der Waals surface area contributed by atoms with E-state index in [-0.39, 0.29) is 12.0 Å². The Morgan fingerprint density at radius 3 is 2.30 bits per heavy atom. The van der Waals surface area contributed by atoms with Crippen LogP contribution in [0, 0.1) is 26.2 Å². The fraction of sp³-hybridized carbons (Fsp3) is 0.444. The Kier molecular flexibility index (Phi) is 7.84. The van der Waals surface area contributed by atoms with Gasteiger partial charge < -0.3 is 9.21 Å². The molecule has 0 spiro atoms. The second kappa shape index (κ2) is 10.4. The van der Waals surface area contributed by atoms with E-state index in [4.69, 9.17) is 16.2 Å². The topological polar surface area (TPSA) is 26.5 Å². The maximum Gasteiger partial charge on any atom is 0.677 e. The van der Waals surface area contributed by atoms with Gasteiger partial charge in [-0.15, -0.1) is 12.3 Å². The Hall–Kier alpha value is -2.81. The summed E-state index contributed by atoms with van der Waals surface area (Å²) in [5.74, 6) is 2.95. The number of hydrogen-bond acceptors (Lipinski definition) is 2. The molecule has 1 aliphatic heterocycles. The third kappa shape index (κ3) is 4.64. The predicted octanol–water partition coefficient (Wildman–Crippen LogP) is 6.54. The first kappa shape index (κ1) is 24.8. The van der Waals surface area contributed by atoms with Crippen molar-refractivity contribution in [2.45, 2.75) is 72.8 Å². The number of aromatic nitrogens is 1. The van der Waals surface area contributed by atoms with E-state index in [1.807, 2.05) is 45.0 Å². The lowest BCUT2D eigenvalue weighted by atomic mass is 9.82. The number of halogens is 2. The van der Waals surface area contributed by atoms with E-state index in [0.717, 1.165) is 34.4 Å². The Bertz CT molecular complexity index is 1110. The molecule has 3 rings (SSSR count). The lowest BCUT2D eigenvalue weighted by Crippen LogP contribution is -2.26. The van der Waals surface area contributed by atoms with E-state index in [1.165, 1.54) is 10.1 Å². The van der Waals surface area contributed by atoms with Crippen LogP contribution in [0.3, 0.4) is 0 Å². The lowest BCUT2D eigenvalue weighted by molar-refractivity contribution is 0.327. The molecule has 174 valence electrons. The molecule has 1 aromatic carbocycles. The molecule has 0 radical (unpaired) electrons. The zero-order valence-electron chi connectivity index (χ0n) is 20.5. The highest BCUT2D eigenvalue weighted by Gasteiger charge is 2.38. The smallest absolute Gasteiger partial charge is 0.493 e. The molecular weight excluding hydrogens is 417 g/mol. The summed E-state index contributed by atoms with van der Waals surface area (Å²) in [5.41, 5.74) is 7.53. The zero-order chi connectivity index (χ0) is 24.3. The van der Waals surface area contributed by atoms with Crippen LogP contribution in [0.5, 0.6) is 5.75 Å². The molecule has 0 saturated heterocycles. The van der Waals surface area contributed by atoms with Crippen molar-refractivity contribution in [3.8, 4) is 18.1 Å². The van der Waals surface area contributed by atoms with E-state index in [0.29, 0.717) is 36.6 Å². The minimum atomic E-state index is -2.62. The van der Waals surface area contributed by atoms with Gasteiger partial charge >= 0.3 is 7.40 Å². The van der Waals surface area contributed by atoms with Gasteiger partial charge in [-0.05, 0) is 80.5 Å². The fourth-order valence-electron chi connectivity index (χ4n) is 5.28. The van der Waals surface area contributed by atoms with Crippen molar-refractivity contribution < 1.29 is 13.4 Å². The molecule has 2 unspecified atom stereocenters. The second-order valence-electron chi connectivity index (χ2n) is 8.60. The van der Waals surface area contributed by atoms with E-state index < -0.39 is 7.40 Å². The van der Waals surface area contributed by atoms with Crippen LogP contribution < -0.4 is 4.74 Å².